The molecular weight excluding hydrogens is 242 g/mol. The van der Waals surface area contributed by atoms with Crippen molar-refractivity contribution in [3.8, 4) is 0 Å². The number of thiophene rings is 1. The summed E-state index contributed by atoms with van der Waals surface area (Å²) < 4.78 is 2.23. The summed E-state index contributed by atoms with van der Waals surface area (Å²) >= 11 is 1.86. The molecule has 0 fully saturated rings. The highest BCUT2D eigenvalue weighted by Crippen LogP contribution is 2.28. The van der Waals surface area contributed by atoms with E-state index < -0.39 is 0 Å². The highest BCUT2D eigenvalue weighted by Gasteiger charge is 2.14. The lowest BCUT2D eigenvalue weighted by molar-refractivity contribution is 0.653. The van der Waals surface area contributed by atoms with Crippen molar-refractivity contribution in [2.45, 2.75) is 40.2 Å². The van der Waals surface area contributed by atoms with Gasteiger partial charge in [-0.3, -0.25) is 0 Å². The fourth-order valence-corrected chi connectivity index (χ4v) is 2.92. The van der Waals surface area contributed by atoms with E-state index in [2.05, 4.69) is 54.0 Å². The van der Waals surface area contributed by atoms with Gasteiger partial charge in [0.2, 0.25) is 5.95 Å². The van der Waals surface area contributed by atoms with Crippen LogP contribution < -0.4 is 5.32 Å². The molecule has 2 heterocycles. The minimum absolute atomic E-state index is 0.337. The smallest absolute Gasteiger partial charge is 0.203 e. The summed E-state index contributed by atoms with van der Waals surface area (Å²) in [5.41, 5.74) is 1.06. The summed E-state index contributed by atoms with van der Waals surface area (Å²) in [4.78, 5) is 7.30. The Labute approximate surface area is 113 Å². The maximum Gasteiger partial charge on any atom is 0.203 e. The third kappa shape index (κ3) is 2.75. The van der Waals surface area contributed by atoms with Gasteiger partial charge >= 0.3 is 0 Å². The van der Waals surface area contributed by atoms with Crippen molar-refractivity contribution in [3.05, 3.63) is 33.8 Å². The van der Waals surface area contributed by atoms with Crippen molar-refractivity contribution < 1.29 is 0 Å². The molecule has 0 aliphatic carbocycles. The molecule has 0 saturated carbocycles. The Kier molecular flexibility index (Phi) is 4.07. The summed E-state index contributed by atoms with van der Waals surface area (Å²) in [6, 6.07) is 4.73. The molecule has 98 valence electrons. The van der Waals surface area contributed by atoms with Gasteiger partial charge in [0.25, 0.3) is 0 Å². The lowest BCUT2D eigenvalue weighted by Crippen LogP contribution is -2.11. The van der Waals surface area contributed by atoms with Gasteiger partial charge in [0.1, 0.15) is 0 Å². The second-order valence-corrected chi connectivity index (χ2v) is 5.98. The molecule has 0 radical (unpaired) electrons. The van der Waals surface area contributed by atoms with E-state index in [0.29, 0.717) is 6.04 Å². The zero-order valence-electron chi connectivity index (χ0n) is 11.5. The van der Waals surface area contributed by atoms with E-state index in [1.165, 1.54) is 9.75 Å². The molecule has 2 aromatic heterocycles. The van der Waals surface area contributed by atoms with Crippen LogP contribution in [0.3, 0.4) is 0 Å². The molecule has 4 heteroatoms. The third-order valence-electron chi connectivity index (χ3n) is 2.98. The van der Waals surface area contributed by atoms with Crippen molar-refractivity contribution in [3.63, 3.8) is 0 Å². The summed E-state index contributed by atoms with van der Waals surface area (Å²) in [6.45, 7) is 9.55. The third-order valence-corrected chi connectivity index (χ3v) is 4.15. The number of anilines is 1. The van der Waals surface area contributed by atoms with Crippen LogP contribution in [0.4, 0.5) is 5.95 Å². The van der Waals surface area contributed by atoms with E-state index in [4.69, 9.17) is 0 Å². The fourth-order valence-electron chi connectivity index (χ4n) is 1.99. The Morgan fingerprint density at radius 3 is 2.78 bits per heavy atom. The Hall–Kier alpha value is -1.29. The molecule has 0 aliphatic rings. The first-order valence-electron chi connectivity index (χ1n) is 6.47. The van der Waals surface area contributed by atoms with E-state index in [-0.39, 0.29) is 0 Å². The van der Waals surface area contributed by atoms with Crippen molar-refractivity contribution in [1.82, 2.24) is 9.55 Å². The van der Waals surface area contributed by atoms with Gasteiger partial charge < -0.3 is 9.88 Å². The van der Waals surface area contributed by atoms with Gasteiger partial charge in [-0.05, 0) is 39.3 Å². The average Bonchev–Trinajstić information content (AvgIpc) is 2.92. The molecule has 0 amide bonds. The Morgan fingerprint density at radius 1 is 1.39 bits per heavy atom. The highest BCUT2D eigenvalue weighted by molar-refractivity contribution is 7.12. The van der Waals surface area contributed by atoms with Crippen LogP contribution in [-0.2, 0) is 0 Å². The van der Waals surface area contributed by atoms with Crippen molar-refractivity contribution in [2.24, 2.45) is 0 Å². The predicted molar refractivity (Wildman–Crippen MR) is 78.6 cm³/mol. The minimum Gasteiger partial charge on any atom is -0.356 e. The van der Waals surface area contributed by atoms with Crippen LogP contribution in [0, 0.1) is 13.8 Å². The number of hydrogen-bond donors (Lipinski definition) is 1. The van der Waals surface area contributed by atoms with Gasteiger partial charge in [0.15, 0.2) is 0 Å². The first-order chi connectivity index (χ1) is 8.61. The van der Waals surface area contributed by atoms with Gasteiger partial charge in [-0.15, -0.1) is 11.3 Å². The molecule has 2 rings (SSSR count). The van der Waals surface area contributed by atoms with Gasteiger partial charge in [0.05, 0.1) is 11.7 Å². The monoisotopic (exact) mass is 263 g/mol. The molecule has 0 aromatic carbocycles. The SMILES string of the molecule is CCCNc1nc(C)cn1C(C)c1ccc(C)s1. The van der Waals surface area contributed by atoms with Gasteiger partial charge in [-0.1, -0.05) is 6.92 Å². The van der Waals surface area contributed by atoms with E-state index in [1.54, 1.807) is 0 Å². The van der Waals surface area contributed by atoms with Crippen molar-refractivity contribution in [2.75, 3.05) is 11.9 Å². The lowest BCUT2D eigenvalue weighted by Gasteiger charge is -2.15. The minimum atomic E-state index is 0.337. The number of nitrogens with one attached hydrogen (secondary N) is 1. The van der Waals surface area contributed by atoms with Gasteiger partial charge in [0, 0.05) is 22.5 Å². The van der Waals surface area contributed by atoms with E-state index in [1.807, 2.05) is 18.3 Å². The van der Waals surface area contributed by atoms with Gasteiger partial charge in [-0.2, -0.15) is 0 Å². The predicted octanol–water partition coefficient (Wildman–Crippen LogP) is 3.99. The van der Waals surface area contributed by atoms with Crippen LogP contribution in [0.15, 0.2) is 18.3 Å². The van der Waals surface area contributed by atoms with Crippen molar-refractivity contribution >= 4 is 17.3 Å². The maximum atomic E-state index is 4.56. The normalized spacial score (nSPS) is 12.7. The lowest BCUT2D eigenvalue weighted by atomic mass is 10.2. The topological polar surface area (TPSA) is 29.9 Å². The van der Waals surface area contributed by atoms with Crippen LogP contribution in [0.2, 0.25) is 0 Å². The number of hydrogen-bond acceptors (Lipinski definition) is 3. The van der Waals surface area contributed by atoms with Crippen molar-refractivity contribution in [1.29, 1.82) is 0 Å². The number of aromatic nitrogens is 2. The molecule has 3 nitrogen and oxygen atoms in total. The van der Waals surface area contributed by atoms with Gasteiger partial charge in [-0.25, -0.2) is 4.98 Å². The molecule has 1 unspecified atom stereocenters. The molecule has 1 N–H and O–H groups in total. The van der Waals surface area contributed by atoms with Crippen LogP contribution in [0.5, 0.6) is 0 Å². The number of rotatable bonds is 5. The molecule has 0 aliphatic heterocycles. The Morgan fingerprint density at radius 2 is 2.17 bits per heavy atom. The van der Waals surface area contributed by atoms with E-state index in [9.17, 15) is 0 Å². The Balaban J connectivity index is 2.26. The van der Waals surface area contributed by atoms with Crippen LogP contribution in [0.1, 0.15) is 41.8 Å². The fraction of sp³-hybridized carbons (Fsp3) is 0.500. The molecule has 1 atom stereocenters. The standard InChI is InChI=1S/C14H21N3S/c1-5-8-15-14-16-10(2)9-17(14)12(4)13-7-6-11(3)18-13/h6-7,9,12H,5,8H2,1-4H3,(H,15,16). The summed E-state index contributed by atoms with van der Waals surface area (Å²) in [5, 5.41) is 3.40. The van der Waals surface area contributed by atoms with Crippen LogP contribution in [0.25, 0.3) is 0 Å². The Bertz CT molecular complexity index is 513. The first kappa shape index (κ1) is 13.1. The average molecular weight is 263 g/mol. The van der Waals surface area contributed by atoms with E-state index in [0.717, 1.165) is 24.6 Å². The molecule has 0 bridgehead atoms. The second kappa shape index (κ2) is 5.57. The molecule has 0 saturated heterocycles. The number of aryl methyl sites for hydroxylation is 2. The van der Waals surface area contributed by atoms with Crippen LogP contribution >= 0.6 is 11.3 Å². The number of imidazole rings is 1. The highest BCUT2D eigenvalue weighted by atomic mass is 32.1. The maximum absolute atomic E-state index is 4.56. The molecule has 2 aromatic rings. The van der Waals surface area contributed by atoms with Crippen LogP contribution in [-0.4, -0.2) is 16.1 Å². The van der Waals surface area contributed by atoms with E-state index >= 15 is 0 Å². The summed E-state index contributed by atoms with van der Waals surface area (Å²) in [7, 11) is 0. The zero-order chi connectivity index (χ0) is 13.1. The summed E-state index contributed by atoms with van der Waals surface area (Å²) in [5.74, 6) is 0.980. The molecular formula is C14H21N3S. The molecule has 0 spiro atoms. The number of nitrogens with zero attached hydrogens (tertiary/aromatic N) is 2. The zero-order valence-corrected chi connectivity index (χ0v) is 12.3. The first-order valence-corrected chi connectivity index (χ1v) is 7.29. The molecule has 18 heavy (non-hydrogen) atoms. The summed E-state index contributed by atoms with van der Waals surface area (Å²) in [6.07, 6.45) is 3.23. The quantitative estimate of drug-likeness (QED) is 0.884. The largest absolute Gasteiger partial charge is 0.356 e. The second-order valence-electron chi connectivity index (χ2n) is 4.66.